The Hall–Kier alpha value is -0.450. The van der Waals surface area contributed by atoms with Crippen LogP contribution in [0.25, 0.3) is 0 Å². The van der Waals surface area contributed by atoms with E-state index in [4.69, 9.17) is 14.2 Å². The van der Waals surface area contributed by atoms with Gasteiger partial charge in [-0.3, -0.25) is 4.79 Å². The maximum atomic E-state index is 12.2. The third-order valence-corrected chi connectivity index (χ3v) is 5.00. The lowest BCUT2D eigenvalue weighted by molar-refractivity contribution is -0.258. The third kappa shape index (κ3) is 0.655. The number of carbonyl (C=O) groups is 1. The highest BCUT2D eigenvalue weighted by atomic mass is 16.8. The summed E-state index contributed by atoms with van der Waals surface area (Å²) in [6.07, 6.45) is 2.01. The van der Waals surface area contributed by atoms with Gasteiger partial charge in [0, 0.05) is 11.8 Å². The summed E-state index contributed by atoms with van der Waals surface area (Å²) in [6.45, 7) is 0. The molecule has 8 atom stereocenters. The lowest BCUT2D eigenvalue weighted by atomic mass is 9.75. The van der Waals surface area contributed by atoms with Crippen LogP contribution in [0.3, 0.4) is 0 Å². The average Bonchev–Trinajstić information content (AvgIpc) is 2.79. The van der Waals surface area contributed by atoms with Crippen molar-refractivity contribution in [3.63, 3.8) is 0 Å². The van der Waals surface area contributed by atoms with E-state index in [-0.39, 0.29) is 36.6 Å². The standard InChI is InChI=1S/C11H12O4/c12-9-7-5-3-1-2-4-6(5)8(9)11(14-4)15-10(7)13-3/h3-8,10-11H,1-2H2/t3-,4+,5-,6-,7-,8+,10+,11-/m0/s1. The Morgan fingerprint density at radius 3 is 1.93 bits per heavy atom. The molecule has 2 bridgehead atoms. The molecule has 5 rings (SSSR count). The first-order valence-electron chi connectivity index (χ1n) is 5.85. The van der Waals surface area contributed by atoms with Crippen molar-refractivity contribution in [3.8, 4) is 0 Å². The zero-order chi connectivity index (χ0) is 9.73. The highest BCUT2D eigenvalue weighted by Crippen LogP contribution is 2.62. The second-order valence-corrected chi connectivity index (χ2v) is 5.41. The van der Waals surface area contributed by atoms with Crippen molar-refractivity contribution in [1.82, 2.24) is 0 Å². The van der Waals surface area contributed by atoms with Crippen LogP contribution in [0.15, 0.2) is 0 Å². The molecule has 80 valence electrons. The molecule has 4 nitrogen and oxygen atoms in total. The van der Waals surface area contributed by atoms with Crippen LogP contribution in [-0.2, 0) is 19.0 Å². The molecule has 2 saturated carbocycles. The quantitative estimate of drug-likeness (QED) is 0.574. The molecule has 3 aliphatic heterocycles. The molecule has 4 heteroatoms. The summed E-state index contributed by atoms with van der Waals surface area (Å²) in [5.41, 5.74) is 0. The minimum atomic E-state index is -0.294. The summed E-state index contributed by atoms with van der Waals surface area (Å²) in [7, 11) is 0. The molecular weight excluding hydrogens is 196 g/mol. The van der Waals surface area contributed by atoms with Gasteiger partial charge in [-0.15, -0.1) is 0 Å². The van der Waals surface area contributed by atoms with E-state index < -0.39 is 0 Å². The minimum Gasteiger partial charge on any atom is -0.348 e. The third-order valence-electron chi connectivity index (χ3n) is 5.00. The molecule has 0 spiro atoms. The average molecular weight is 208 g/mol. The molecule has 0 aromatic rings. The van der Waals surface area contributed by atoms with E-state index in [2.05, 4.69) is 0 Å². The van der Waals surface area contributed by atoms with E-state index in [0.717, 1.165) is 12.8 Å². The Morgan fingerprint density at radius 1 is 0.867 bits per heavy atom. The summed E-state index contributed by atoms with van der Waals surface area (Å²) in [6, 6.07) is 0. The molecule has 0 aromatic carbocycles. The Morgan fingerprint density at radius 2 is 1.40 bits per heavy atom. The van der Waals surface area contributed by atoms with Gasteiger partial charge in [-0.1, -0.05) is 0 Å². The summed E-state index contributed by atoms with van der Waals surface area (Å²) in [4.78, 5) is 12.2. The molecule has 2 aliphatic carbocycles. The maximum Gasteiger partial charge on any atom is 0.171 e. The second kappa shape index (κ2) is 2.14. The van der Waals surface area contributed by atoms with Crippen molar-refractivity contribution in [1.29, 1.82) is 0 Å². The van der Waals surface area contributed by atoms with Crippen LogP contribution in [0.4, 0.5) is 0 Å². The smallest absolute Gasteiger partial charge is 0.171 e. The predicted octanol–water partition coefficient (Wildman–Crippen LogP) is 0.308. The molecule has 0 amide bonds. The Bertz CT molecular complexity index is 336. The van der Waals surface area contributed by atoms with Gasteiger partial charge in [-0.25, -0.2) is 0 Å². The van der Waals surface area contributed by atoms with E-state index in [1.165, 1.54) is 0 Å². The molecule has 0 unspecified atom stereocenters. The topological polar surface area (TPSA) is 44.8 Å². The van der Waals surface area contributed by atoms with Gasteiger partial charge >= 0.3 is 0 Å². The number of rotatable bonds is 0. The van der Waals surface area contributed by atoms with Crippen molar-refractivity contribution < 1.29 is 19.0 Å². The van der Waals surface area contributed by atoms with Crippen LogP contribution in [0, 0.1) is 23.7 Å². The lowest BCUT2D eigenvalue weighted by Crippen LogP contribution is -2.42. The summed E-state index contributed by atoms with van der Waals surface area (Å²) in [5.74, 6) is 1.23. The number of hydrogen-bond acceptors (Lipinski definition) is 4. The van der Waals surface area contributed by atoms with E-state index in [1.807, 2.05) is 0 Å². The lowest BCUT2D eigenvalue weighted by Gasteiger charge is -2.32. The summed E-state index contributed by atoms with van der Waals surface area (Å²) < 4.78 is 17.4. The Labute approximate surface area is 86.9 Å². The SMILES string of the molecule is O=C1[C@@H]2[C@@H]3O[C@H]4O[C@H]5CC[C@@H](O3)[C@H]2[C@H]5[C@@H]14. The van der Waals surface area contributed by atoms with Crippen LogP contribution in [0.2, 0.25) is 0 Å². The highest BCUT2D eigenvalue weighted by molar-refractivity contribution is 5.89. The first-order valence-corrected chi connectivity index (χ1v) is 5.85. The van der Waals surface area contributed by atoms with E-state index in [0.29, 0.717) is 17.6 Å². The van der Waals surface area contributed by atoms with Gasteiger partial charge < -0.3 is 14.2 Å². The van der Waals surface area contributed by atoms with Crippen LogP contribution in [-0.4, -0.2) is 30.6 Å². The summed E-state index contributed by atoms with van der Waals surface area (Å²) in [5, 5.41) is 0. The van der Waals surface area contributed by atoms with Gasteiger partial charge in [0.1, 0.15) is 5.78 Å². The zero-order valence-electron chi connectivity index (χ0n) is 8.17. The molecule has 0 N–H and O–H groups in total. The molecular formula is C11H12O4. The fourth-order valence-corrected chi connectivity index (χ4v) is 4.58. The Kier molecular flexibility index (Phi) is 1.11. The van der Waals surface area contributed by atoms with Crippen molar-refractivity contribution in [2.75, 3.05) is 0 Å². The number of ether oxygens (including phenoxy) is 3. The monoisotopic (exact) mass is 208 g/mol. The molecule has 0 aromatic heterocycles. The zero-order valence-corrected chi connectivity index (χ0v) is 8.17. The van der Waals surface area contributed by atoms with E-state index in [9.17, 15) is 4.79 Å². The van der Waals surface area contributed by atoms with Gasteiger partial charge in [0.05, 0.1) is 24.0 Å². The van der Waals surface area contributed by atoms with Crippen molar-refractivity contribution >= 4 is 5.78 Å². The van der Waals surface area contributed by atoms with Crippen molar-refractivity contribution in [2.45, 2.75) is 37.6 Å². The Balaban J connectivity index is 1.77. The largest absolute Gasteiger partial charge is 0.348 e. The number of carbonyl (C=O) groups excluding carboxylic acids is 1. The second-order valence-electron chi connectivity index (χ2n) is 5.41. The molecule has 5 aliphatic rings. The van der Waals surface area contributed by atoms with Gasteiger partial charge in [-0.2, -0.15) is 0 Å². The van der Waals surface area contributed by atoms with Gasteiger partial charge in [0.15, 0.2) is 12.6 Å². The minimum absolute atomic E-state index is 0.0351. The number of ketones is 1. The fourth-order valence-electron chi connectivity index (χ4n) is 4.58. The normalized spacial score (nSPS) is 68.1. The molecule has 5 fully saturated rings. The van der Waals surface area contributed by atoms with Gasteiger partial charge in [0.2, 0.25) is 0 Å². The van der Waals surface area contributed by atoms with Gasteiger partial charge in [-0.05, 0) is 12.8 Å². The van der Waals surface area contributed by atoms with Gasteiger partial charge in [0.25, 0.3) is 0 Å². The highest BCUT2D eigenvalue weighted by Gasteiger charge is 2.72. The number of hydrogen-bond donors (Lipinski definition) is 0. The van der Waals surface area contributed by atoms with E-state index in [1.54, 1.807) is 0 Å². The van der Waals surface area contributed by atoms with Crippen LogP contribution < -0.4 is 0 Å². The van der Waals surface area contributed by atoms with Crippen molar-refractivity contribution in [2.24, 2.45) is 23.7 Å². The van der Waals surface area contributed by atoms with Crippen LogP contribution in [0.1, 0.15) is 12.8 Å². The summed E-state index contributed by atoms with van der Waals surface area (Å²) >= 11 is 0. The predicted molar refractivity (Wildman–Crippen MR) is 46.6 cm³/mol. The molecule has 15 heavy (non-hydrogen) atoms. The first-order chi connectivity index (χ1) is 7.34. The molecule has 3 saturated heterocycles. The molecule has 0 radical (unpaired) electrons. The molecule has 3 heterocycles. The fraction of sp³-hybridized carbons (Fsp3) is 0.909. The van der Waals surface area contributed by atoms with Crippen LogP contribution >= 0.6 is 0 Å². The number of Topliss-reactive ketones (excluding diaryl/α,β-unsaturated/α-hetero) is 1. The van der Waals surface area contributed by atoms with Crippen LogP contribution in [0.5, 0.6) is 0 Å². The first kappa shape index (κ1) is 7.76. The maximum absolute atomic E-state index is 12.2. The van der Waals surface area contributed by atoms with Crippen molar-refractivity contribution in [3.05, 3.63) is 0 Å². The van der Waals surface area contributed by atoms with E-state index >= 15 is 0 Å².